The number of halogens is 3. The summed E-state index contributed by atoms with van der Waals surface area (Å²) < 4.78 is 36.2. The summed E-state index contributed by atoms with van der Waals surface area (Å²) in [5.41, 5.74) is 5.31. The molecule has 0 aromatic rings. The summed E-state index contributed by atoms with van der Waals surface area (Å²) in [6, 6.07) is -1.68. The Morgan fingerprint density at radius 2 is 1.92 bits per heavy atom. The van der Waals surface area contributed by atoms with Gasteiger partial charge in [0.15, 0.2) is 0 Å². The van der Waals surface area contributed by atoms with E-state index in [1.54, 1.807) is 6.92 Å². The van der Waals surface area contributed by atoms with Crippen LogP contribution in [0.1, 0.15) is 20.3 Å². The third kappa shape index (κ3) is 4.56. The second-order valence-electron chi connectivity index (χ2n) is 2.89. The molecule has 2 nitrogen and oxygen atoms in total. The van der Waals surface area contributed by atoms with E-state index < -0.39 is 12.2 Å². The minimum Gasteiger partial charge on any atom is -0.327 e. The SMILES string of the molecule is CCC(NCC(C)N)C(F)(F)F. The van der Waals surface area contributed by atoms with Crippen molar-refractivity contribution in [1.82, 2.24) is 5.32 Å². The van der Waals surface area contributed by atoms with E-state index in [0.717, 1.165) is 0 Å². The fraction of sp³-hybridized carbons (Fsp3) is 1.00. The number of rotatable bonds is 4. The maximum Gasteiger partial charge on any atom is 0.403 e. The second kappa shape index (κ2) is 4.67. The number of nitrogens with one attached hydrogen (secondary N) is 1. The Hall–Kier alpha value is -0.290. The molecule has 0 spiro atoms. The van der Waals surface area contributed by atoms with Gasteiger partial charge in [0.2, 0.25) is 0 Å². The van der Waals surface area contributed by atoms with Crippen molar-refractivity contribution in [2.45, 2.75) is 38.5 Å². The Labute approximate surface area is 70.3 Å². The fourth-order valence-electron chi connectivity index (χ4n) is 0.820. The first-order valence-electron chi connectivity index (χ1n) is 3.93. The van der Waals surface area contributed by atoms with E-state index >= 15 is 0 Å². The molecule has 0 fully saturated rings. The van der Waals surface area contributed by atoms with Crippen molar-refractivity contribution in [3.8, 4) is 0 Å². The van der Waals surface area contributed by atoms with Gasteiger partial charge in [-0.05, 0) is 13.3 Å². The number of hydrogen-bond acceptors (Lipinski definition) is 2. The van der Waals surface area contributed by atoms with Crippen LogP contribution < -0.4 is 11.1 Å². The quantitative estimate of drug-likeness (QED) is 0.690. The van der Waals surface area contributed by atoms with Crippen LogP contribution in [0.15, 0.2) is 0 Å². The van der Waals surface area contributed by atoms with Crippen LogP contribution in [0.3, 0.4) is 0 Å². The van der Waals surface area contributed by atoms with Gasteiger partial charge in [-0.15, -0.1) is 0 Å². The third-order valence-electron chi connectivity index (χ3n) is 1.49. The number of alkyl halides is 3. The van der Waals surface area contributed by atoms with Gasteiger partial charge in [-0.2, -0.15) is 13.2 Å². The smallest absolute Gasteiger partial charge is 0.327 e. The van der Waals surface area contributed by atoms with Crippen molar-refractivity contribution in [1.29, 1.82) is 0 Å². The number of nitrogens with two attached hydrogens (primary N) is 1. The van der Waals surface area contributed by atoms with Crippen LogP contribution in [-0.2, 0) is 0 Å². The summed E-state index contributed by atoms with van der Waals surface area (Å²) in [6.45, 7) is 3.35. The van der Waals surface area contributed by atoms with E-state index in [1.165, 1.54) is 6.92 Å². The summed E-state index contributed by atoms with van der Waals surface area (Å²) in [7, 11) is 0. The Kier molecular flexibility index (Phi) is 4.55. The highest BCUT2D eigenvalue weighted by Crippen LogP contribution is 2.21. The molecular weight excluding hydrogens is 169 g/mol. The zero-order chi connectivity index (χ0) is 9.78. The molecule has 0 aromatic carbocycles. The molecule has 0 bridgehead atoms. The van der Waals surface area contributed by atoms with Crippen LogP contribution in [-0.4, -0.2) is 24.8 Å². The normalized spacial score (nSPS) is 17.5. The minimum atomic E-state index is -4.16. The lowest BCUT2D eigenvalue weighted by atomic mass is 10.2. The van der Waals surface area contributed by atoms with Crippen LogP contribution in [0, 0.1) is 0 Å². The standard InChI is InChI=1S/C7H15F3N2/c1-3-6(7(8,9)10)12-4-5(2)11/h5-6,12H,3-4,11H2,1-2H3. The molecule has 0 aromatic heterocycles. The molecule has 0 saturated carbocycles. The zero-order valence-corrected chi connectivity index (χ0v) is 7.28. The Morgan fingerprint density at radius 1 is 1.42 bits per heavy atom. The molecule has 0 amide bonds. The Morgan fingerprint density at radius 3 is 2.17 bits per heavy atom. The lowest BCUT2D eigenvalue weighted by Gasteiger charge is -2.20. The molecule has 0 radical (unpaired) electrons. The Bertz CT molecular complexity index is 122. The lowest BCUT2D eigenvalue weighted by molar-refractivity contribution is -0.156. The molecule has 2 atom stereocenters. The van der Waals surface area contributed by atoms with Gasteiger partial charge in [0.05, 0.1) is 0 Å². The first-order chi connectivity index (χ1) is 5.38. The molecule has 0 rings (SSSR count). The van der Waals surface area contributed by atoms with Gasteiger partial charge in [-0.25, -0.2) is 0 Å². The average molecular weight is 184 g/mol. The van der Waals surface area contributed by atoms with Gasteiger partial charge < -0.3 is 11.1 Å². The van der Waals surface area contributed by atoms with Crippen molar-refractivity contribution >= 4 is 0 Å². The Balaban J connectivity index is 3.84. The summed E-state index contributed by atoms with van der Waals surface area (Å²) in [6.07, 6.45) is -4.13. The number of hydrogen-bond donors (Lipinski definition) is 2. The van der Waals surface area contributed by atoms with Crippen molar-refractivity contribution in [3.05, 3.63) is 0 Å². The van der Waals surface area contributed by atoms with Crippen LogP contribution >= 0.6 is 0 Å². The first-order valence-corrected chi connectivity index (χ1v) is 3.93. The van der Waals surface area contributed by atoms with Gasteiger partial charge in [0.1, 0.15) is 6.04 Å². The molecule has 0 aliphatic rings. The average Bonchev–Trinajstić information content (AvgIpc) is 1.85. The van der Waals surface area contributed by atoms with E-state index in [9.17, 15) is 13.2 Å². The molecule has 3 N–H and O–H groups in total. The predicted octanol–water partition coefficient (Wildman–Crippen LogP) is 1.26. The summed E-state index contributed by atoms with van der Waals surface area (Å²) in [5, 5.41) is 2.36. The van der Waals surface area contributed by atoms with Gasteiger partial charge in [-0.1, -0.05) is 6.92 Å². The highest BCUT2D eigenvalue weighted by Gasteiger charge is 2.37. The summed E-state index contributed by atoms with van der Waals surface area (Å²) in [4.78, 5) is 0. The molecule has 0 heterocycles. The van der Waals surface area contributed by atoms with E-state index in [4.69, 9.17) is 5.73 Å². The minimum absolute atomic E-state index is 0.0379. The lowest BCUT2D eigenvalue weighted by Crippen LogP contribution is -2.45. The van der Waals surface area contributed by atoms with Crippen molar-refractivity contribution in [3.63, 3.8) is 0 Å². The van der Waals surface area contributed by atoms with Gasteiger partial charge >= 0.3 is 6.18 Å². The molecular formula is C7H15F3N2. The molecule has 74 valence electrons. The highest BCUT2D eigenvalue weighted by molar-refractivity contribution is 4.74. The molecule has 5 heteroatoms. The summed E-state index contributed by atoms with van der Waals surface area (Å²) in [5.74, 6) is 0. The van der Waals surface area contributed by atoms with Crippen LogP contribution in [0.4, 0.5) is 13.2 Å². The molecule has 12 heavy (non-hydrogen) atoms. The van der Waals surface area contributed by atoms with E-state index in [0.29, 0.717) is 0 Å². The van der Waals surface area contributed by atoms with Gasteiger partial charge in [0.25, 0.3) is 0 Å². The monoisotopic (exact) mass is 184 g/mol. The van der Waals surface area contributed by atoms with Crippen molar-refractivity contribution in [2.75, 3.05) is 6.54 Å². The first kappa shape index (κ1) is 11.7. The van der Waals surface area contributed by atoms with Crippen LogP contribution in [0.2, 0.25) is 0 Å². The van der Waals surface area contributed by atoms with Crippen LogP contribution in [0.5, 0.6) is 0 Å². The van der Waals surface area contributed by atoms with E-state index in [-0.39, 0.29) is 19.0 Å². The van der Waals surface area contributed by atoms with E-state index in [2.05, 4.69) is 5.32 Å². The van der Waals surface area contributed by atoms with E-state index in [1.807, 2.05) is 0 Å². The highest BCUT2D eigenvalue weighted by atomic mass is 19.4. The third-order valence-corrected chi connectivity index (χ3v) is 1.49. The molecule has 0 aliphatic carbocycles. The van der Waals surface area contributed by atoms with Crippen molar-refractivity contribution < 1.29 is 13.2 Å². The van der Waals surface area contributed by atoms with Gasteiger partial charge in [-0.3, -0.25) is 0 Å². The maximum absolute atomic E-state index is 12.1. The predicted molar refractivity (Wildman–Crippen MR) is 41.8 cm³/mol. The molecule has 2 unspecified atom stereocenters. The van der Waals surface area contributed by atoms with Crippen molar-refractivity contribution in [2.24, 2.45) is 5.73 Å². The molecule has 0 aliphatic heterocycles. The second-order valence-corrected chi connectivity index (χ2v) is 2.89. The molecule has 0 saturated heterocycles. The summed E-state index contributed by atoms with van der Waals surface area (Å²) >= 11 is 0. The van der Waals surface area contributed by atoms with Crippen LogP contribution in [0.25, 0.3) is 0 Å². The maximum atomic E-state index is 12.1. The fourth-order valence-corrected chi connectivity index (χ4v) is 0.820. The topological polar surface area (TPSA) is 38.0 Å². The zero-order valence-electron chi connectivity index (χ0n) is 7.28. The van der Waals surface area contributed by atoms with Gasteiger partial charge in [0, 0.05) is 12.6 Å². The largest absolute Gasteiger partial charge is 0.403 e.